The molecule has 0 bridgehead atoms. The SMILES string of the molecule is O=C1c2cccc3cccc(c23)[C@]12N[C@@H](c1ccccc1)[C@H](c1ccc(Cl)cc1Cl)[C@]21CCC/C(=C\c2ccc(Cl)cc2Cl)C1=O. The molecule has 4 atom stereocenters. The monoisotopic (exact) mass is 681 g/mol. The lowest BCUT2D eigenvalue weighted by Crippen LogP contribution is -2.59. The predicted octanol–water partition coefficient (Wildman–Crippen LogP) is 10.8. The molecule has 2 spiro atoms. The Hall–Kier alpha value is -3.44. The number of Topliss-reactive ketones (excluding diaryl/α,β-unsaturated/α-hetero) is 2. The summed E-state index contributed by atoms with van der Waals surface area (Å²) in [5.74, 6) is -0.679. The van der Waals surface area contributed by atoms with Gasteiger partial charge in [-0.2, -0.15) is 0 Å². The lowest BCUT2D eigenvalue weighted by atomic mass is 9.52. The Labute approximate surface area is 287 Å². The zero-order chi connectivity index (χ0) is 31.8. The summed E-state index contributed by atoms with van der Waals surface area (Å²) >= 11 is 26.3. The largest absolute Gasteiger partial charge is 0.294 e. The number of benzene rings is 5. The number of rotatable bonds is 3. The van der Waals surface area contributed by atoms with E-state index in [-0.39, 0.29) is 11.6 Å². The van der Waals surface area contributed by atoms with Crippen LogP contribution >= 0.6 is 46.4 Å². The maximum Gasteiger partial charge on any atom is 0.189 e. The Morgan fingerprint density at radius 1 is 0.739 bits per heavy atom. The molecule has 1 aliphatic heterocycles. The molecule has 46 heavy (non-hydrogen) atoms. The molecule has 1 heterocycles. The van der Waals surface area contributed by atoms with Crippen LogP contribution in [0.25, 0.3) is 16.8 Å². The van der Waals surface area contributed by atoms with Crippen LogP contribution in [0.4, 0.5) is 0 Å². The van der Waals surface area contributed by atoms with Crippen molar-refractivity contribution in [3.63, 3.8) is 0 Å². The van der Waals surface area contributed by atoms with Crippen molar-refractivity contribution in [3.8, 4) is 0 Å². The fraction of sp³-hybridized carbons (Fsp3) is 0.179. The Bertz CT molecular complexity index is 2120. The van der Waals surface area contributed by atoms with Gasteiger partial charge in [-0.3, -0.25) is 14.9 Å². The van der Waals surface area contributed by atoms with Gasteiger partial charge in [0.1, 0.15) is 5.54 Å². The number of fused-ring (bicyclic) bond motifs is 2. The highest BCUT2D eigenvalue weighted by Crippen LogP contribution is 2.69. The smallest absolute Gasteiger partial charge is 0.189 e. The minimum absolute atomic E-state index is 0.0788. The minimum atomic E-state index is -1.36. The highest BCUT2D eigenvalue weighted by molar-refractivity contribution is 6.36. The number of allylic oxidation sites excluding steroid dienone is 1. The zero-order valence-electron chi connectivity index (χ0n) is 24.5. The summed E-state index contributed by atoms with van der Waals surface area (Å²) in [6.45, 7) is 0. The van der Waals surface area contributed by atoms with Gasteiger partial charge < -0.3 is 0 Å². The normalized spacial score (nSPS) is 26.2. The number of nitrogens with one attached hydrogen (secondary N) is 1. The zero-order valence-corrected chi connectivity index (χ0v) is 27.5. The van der Waals surface area contributed by atoms with E-state index in [1.165, 1.54) is 0 Å². The molecule has 1 saturated heterocycles. The highest BCUT2D eigenvalue weighted by atomic mass is 35.5. The summed E-state index contributed by atoms with van der Waals surface area (Å²) in [6, 6.07) is 32.2. The van der Waals surface area contributed by atoms with Gasteiger partial charge in [0.05, 0.1) is 5.41 Å². The van der Waals surface area contributed by atoms with E-state index in [1.54, 1.807) is 18.2 Å². The van der Waals surface area contributed by atoms with Crippen molar-refractivity contribution in [1.82, 2.24) is 5.32 Å². The lowest BCUT2D eigenvalue weighted by molar-refractivity contribution is -0.130. The molecule has 1 saturated carbocycles. The number of hydrogen-bond acceptors (Lipinski definition) is 3. The third-order valence-corrected chi connectivity index (χ3v) is 11.4. The molecule has 0 radical (unpaired) electrons. The molecule has 3 nitrogen and oxygen atoms in total. The van der Waals surface area contributed by atoms with Gasteiger partial charge in [0, 0.05) is 37.6 Å². The summed E-state index contributed by atoms with van der Waals surface area (Å²) in [4.78, 5) is 30.9. The molecule has 0 aromatic heterocycles. The average molecular weight is 683 g/mol. The van der Waals surface area contributed by atoms with Crippen molar-refractivity contribution in [3.05, 3.63) is 157 Å². The van der Waals surface area contributed by atoms with Gasteiger partial charge in [0.15, 0.2) is 11.6 Å². The van der Waals surface area contributed by atoms with E-state index in [1.807, 2.05) is 91.0 Å². The average Bonchev–Trinajstić information content (AvgIpc) is 3.48. The Morgan fingerprint density at radius 3 is 2.20 bits per heavy atom. The van der Waals surface area contributed by atoms with E-state index in [9.17, 15) is 0 Å². The molecule has 7 heteroatoms. The van der Waals surface area contributed by atoms with Gasteiger partial charge in [-0.05, 0) is 88.2 Å². The Morgan fingerprint density at radius 2 is 1.46 bits per heavy atom. The van der Waals surface area contributed by atoms with E-state index in [2.05, 4.69) is 5.32 Å². The second kappa shape index (κ2) is 11.1. The molecule has 2 fully saturated rings. The first-order chi connectivity index (χ1) is 22.3. The lowest BCUT2D eigenvalue weighted by Gasteiger charge is -2.48. The molecule has 0 amide bonds. The molecule has 228 valence electrons. The maximum atomic E-state index is 15.6. The maximum absolute atomic E-state index is 15.6. The van der Waals surface area contributed by atoms with Crippen LogP contribution in [-0.2, 0) is 10.3 Å². The quantitative estimate of drug-likeness (QED) is 0.193. The molecule has 8 rings (SSSR count). The van der Waals surface area contributed by atoms with Crippen LogP contribution in [-0.4, -0.2) is 11.6 Å². The number of carbonyl (C=O) groups excluding carboxylic acids is 2. The Balaban J connectivity index is 1.46. The van der Waals surface area contributed by atoms with Crippen LogP contribution in [0.1, 0.15) is 63.8 Å². The molecular weight excluding hydrogens is 656 g/mol. The first kappa shape index (κ1) is 29.9. The van der Waals surface area contributed by atoms with Crippen LogP contribution < -0.4 is 5.32 Å². The third-order valence-electron chi connectivity index (χ3n) is 10.3. The molecule has 1 N–H and O–H groups in total. The van der Waals surface area contributed by atoms with Gasteiger partial charge in [-0.25, -0.2) is 0 Å². The van der Waals surface area contributed by atoms with Crippen molar-refractivity contribution in [2.75, 3.05) is 0 Å². The third kappa shape index (κ3) is 4.16. The van der Waals surface area contributed by atoms with Gasteiger partial charge in [-0.15, -0.1) is 0 Å². The molecule has 3 aliphatic rings. The topological polar surface area (TPSA) is 46.2 Å². The number of halogens is 4. The van der Waals surface area contributed by atoms with Crippen molar-refractivity contribution in [2.45, 2.75) is 36.8 Å². The second-order valence-corrected chi connectivity index (χ2v) is 14.1. The molecule has 2 aliphatic carbocycles. The summed E-state index contributed by atoms with van der Waals surface area (Å²) in [5.41, 5.74) is 1.93. The highest BCUT2D eigenvalue weighted by Gasteiger charge is 2.74. The van der Waals surface area contributed by atoms with Gasteiger partial charge in [0.2, 0.25) is 0 Å². The van der Waals surface area contributed by atoms with E-state index >= 15 is 9.59 Å². The molecule has 5 aromatic rings. The first-order valence-corrected chi connectivity index (χ1v) is 16.8. The van der Waals surface area contributed by atoms with Crippen molar-refractivity contribution in [1.29, 1.82) is 0 Å². The van der Waals surface area contributed by atoms with Gasteiger partial charge in [-0.1, -0.05) is 125 Å². The number of carbonyl (C=O) groups is 2. The fourth-order valence-electron chi connectivity index (χ4n) is 8.52. The van der Waals surface area contributed by atoms with Crippen LogP contribution in [0, 0.1) is 5.41 Å². The van der Waals surface area contributed by atoms with Crippen molar-refractivity contribution >= 4 is 74.8 Å². The summed E-state index contributed by atoms with van der Waals surface area (Å²) < 4.78 is 0. The summed E-state index contributed by atoms with van der Waals surface area (Å²) in [6.07, 6.45) is 3.60. The van der Waals surface area contributed by atoms with Crippen molar-refractivity contribution < 1.29 is 9.59 Å². The standard InChI is InChI=1S/C39H27Cl4NO2/c40-26-15-14-24(31(42)20-26)19-25-11-6-18-38(36(25)45)34(28-17-16-27(41)21-32(28)43)35(23-7-2-1-3-8-23)44-39(38)30-13-5-10-22-9-4-12-29(33(22)30)37(39)46/h1-5,7-10,12-17,19-21,34-35,44H,6,11,18H2/b25-19+/t34-,35-,38-,39-/m0/s1. The van der Waals surface area contributed by atoms with Gasteiger partial charge in [0.25, 0.3) is 0 Å². The number of ketones is 2. The molecular formula is C39H27Cl4NO2. The van der Waals surface area contributed by atoms with E-state index < -0.39 is 22.9 Å². The first-order valence-electron chi connectivity index (χ1n) is 15.3. The van der Waals surface area contributed by atoms with Crippen molar-refractivity contribution in [2.24, 2.45) is 5.41 Å². The van der Waals surface area contributed by atoms with Crippen LogP contribution in [0.3, 0.4) is 0 Å². The van der Waals surface area contributed by atoms with Crippen LogP contribution in [0.2, 0.25) is 20.1 Å². The minimum Gasteiger partial charge on any atom is -0.294 e. The van der Waals surface area contributed by atoms with E-state index in [0.29, 0.717) is 56.1 Å². The van der Waals surface area contributed by atoms with Gasteiger partial charge >= 0.3 is 0 Å². The fourth-order valence-corrected chi connectivity index (χ4v) is 9.51. The van der Waals surface area contributed by atoms with Crippen LogP contribution in [0.15, 0.2) is 109 Å². The summed E-state index contributed by atoms with van der Waals surface area (Å²) in [5, 5.41) is 7.68. The molecule has 0 unspecified atom stereocenters. The van der Waals surface area contributed by atoms with E-state index in [4.69, 9.17) is 46.4 Å². The Kier molecular flexibility index (Phi) is 7.21. The molecule has 5 aromatic carbocycles. The number of hydrogen-bond donors (Lipinski definition) is 1. The van der Waals surface area contributed by atoms with Crippen LogP contribution in [0.5, 0.6) is 0 Å². The predicted molar refractivity (Wildman–Crippen MR) is 187 cm³/mol. The second-order valence-electron chi connectivity index (χ2n) is 12.5. The summed E-state index contributed by atoms with van der Waals surface area (Å²) in [7, 11) is 0. The van der Waals surface area contributed by atoms with E-state index in [0.717, 1.165) is 27.5 Å².